The van der Waals surface area contributed by atoms with Gasteiger partial charge >= 0.3 is 0 Å². The smallest absolute Gasteiger partial charge is 0.244 e. The van der Waals surface area contributed by atoms with E-state index >= 15 is 0 Å². The van der Waals surface area contributed by atoms with Crippen LogP contribution >= 0.6 is 27.5 Å². The predicted octanol–water partition coefficient (Wildman–Crippen LogP) is 3.11. The second kappa shape index (κ2) is 9.89. The molecular weight excluding hydrogens is 466 g/mol. The summed E-state index contributed by atoms with van der Waals surface area (Å²) in [6, 6.07) is 4.76. The minimum Gasteiger partial charge on any atom is -0.356 e. The van der Waals surface area contributed by atoms with Gasteiger partial charge in [-0.3, -0.25) is 4.79 Å². The van der Waals surface area contributed by atoms with Crippen LogP contribution in [0.4, 0.5) is 0 Å². The predicted molar refractivity (Wildman–Crippen MR) is 114 cm³/mol. The van der Waals surface area contributed by atoms with Gasteiger partial charge < -0.3 is 10.2 Å². The van der Waals surface area contributed by atoms with Crippen molar-refractivity contribution in [3.8, 4) is 0 Å². The van der Waals surface area contributed by atoms with Crippen LogP contribution in [0.2, 0.25) is 5.02 Å². The summed E-state index contributed by atoms with van der Waals surface area (Å²) in [4.78, 5) is 14.9. The normalized spacial score (nSPS) is 19.8. The molecule has 0 aliphatic carbocycles. The molecule has 2 heterocycles. The van der Waals surface area contributed by atoms with E-state index < -0.39 is 10.0 Å². The van der Waals surface area contributed by atoms with Gasteiger partial charge in [-0.25, -0.2) is 8.42 Å². The van der Waals surface area contributed by atoms with E-state index in [0.717, 1.165) is 17.4 Å². The number of nitrogens with one attached hydrogen (secondary N) is 1. The van der Waals surface area contributed by atoms with Gasteiger partial charge in [0.05, 0.1) is 5.02 Å². The molecule has 1 amide bonds. The third kappa shape index (κ3) is 5.48. The fourth-order valence-corrected chi connectivity index (χ4v) is 6.33. The highest BCUT2D eigenvalue weighted by Crippen LogP contribution is 2.30. The van der Waals surface area contributed by atoms with Crippen molar-refractivity contribution < 1.29 is 13.2 Å². The summed E-state index contributed by atoms with van der Waals surface area (Å²) in [5.41, 5.74) is 0. The van der Waals surface area contributed by atoms with Crippen LogP contribution in [0, 0.1) is 5.92 Å². The Morgan fingerprint density at radius 2 is 1.86 bits per heavy atom. The molecule has 0 unspecified atom stereocenters. The molecule has 1 aromatic carbocycles. The number of carbonyl (C=O) groups excluding carboxylic acids is 1. The van der Waals surface area contributed by atoms with Gasteiger partial charge in [0.1, 0.15) is 4.90 Å². The molecule has 2 fully saturated rings. The Labute approximate surface area is 180 Å². The number of hydrogen-bond acceptors (Lipinski definition) is 4. The molecule has 28 heavy (non-hydrogen) atoms. The first-order valence-corrected chi connectivity index (χ1v) is 12.4. The average Bonchev–Trinajstić information content (AvgIpc) is 3.18. The summed E-state index contributed by atoms with van der Waals surface area (Å²) in [5.74, 6) is -0.0845. The maximum absolute atomic E-state index is 12.9. The largest absolute Gasteiger partial charge is 0.356 e. The first-order valence-electron chi connectivity index (χ1n) is 9.83. The summed E-state index contributed by atoms with van der Waals surface area (Å²) in [5, 5.41) is 3.22. The molecule has 1 aromatic rings. The van der Waals surface area contributed by atoms with Crippen LogP contribution in [0.15, 0.2) is 27.6 Å². The lowest BCUT2D eigenvalue weighted by molar-refractivity contribution is -0.126. The Hall–Kier alpha value is -0.670. The van der Waals surface area contributed by atoms with Crippen molar-refractivity contribution in [2.75, 3.05) is 39.3 Å². The zero-order valence-electron chi connectivity index (χ0n) is 15.9. The second-order valence-corrected chi connectivity index (χ2v) is 10.7. The number of carbonyl (C=O) groups is 1. The van der Waals surface area contributed by atoms with Gasteiger partial charge in [-0.2, -0.15) is 4.31 Å². The Balaban J connectivity index is 1.46. The zero-order valence-corrected chi connectivity index (χ0v) is 19.0. The van der Waals surface area contributed by atoms with Crippen molar-refractivity contribution in [3.63, 3.8) is 0 Å². The summed E-state index contributed by atoms with van der Waals surface area (Å²) >= 11 is 9.41. The highest BCUT2D eigenvalue weighted by Gasteiger charge is 2.33. The molecule has 0 saturated carbocycles. The van der Waals surface area contributed by atoms with Crippen LogP contribution in [0.5, 0.6) is 0 Å². The molecule has 9 heteroatoms. The highest BCUT2D eigenvalue weighted by molar-refractivity contribution is 9.10. The van der Waals surface area contributed by atoms with Gasteiger partial charge in [-0.1, -0.05) is 27.5 Å². The van der Waals surface area contributed by atoms with Crippen molar-refractivity contribution in [1.29, 1.82) is 0 Å². The molecule has 0 atom stereocenters. The molecule has 3 rings (SSSR count). The van der Waals surface area contributed by atoms with Crippen LogP contribution in [0.3, 0.4) is 0 Å². The molecule has 2 saturated heterocycles. The molecule has 0 aromatic heterocycles. The minimum absolute atomic E-state index is 0.0418. The number of piperidine rings is 1. The zero-order chi connectivity index (χ0) is 20.1. The van der Waals surface area contributed by atoms with Crippen LogP contribution in [-0.2, 0) is 14.8 Å². The fraction of sp³-hybridized carbons (Fsp3) is 0.632. The van der Waals surface area contributed by atoms with Crippen molar-refractivity contribution in [1.82, 2.24) is 14.5 Å². The summed E-state index contributed by atoms with van der Waals surface area (Å²) in [6.45, 7) is 4.72. The Bertz CT molecular complexity index is 792. The standard InChI is InChI=1S/C19H27BrClN3O3S/c20-16-4-5-18(17(21)14-16)28(26,27)24-12-6-15(7-13-24)19(25)22-8-3-11-23-9-1-2-10-23/h4-5,14-15H,1-3,6-13H2,(H,22,25). The number of hydrogen-bond donors (Lipinski definition) is 1. The fourth-order valence-electron chi connectivity index (χ4n) is 3.85. The minimum atomic E-state index is -3.65. The second-order valence-electron chi connectivity index (χ2n) is 7.45. The first-order chi connectivity index (χ1) is 13.4. The summed E-state index contributed by atoms with van der Waals surface area (Å²) in [7, 11) is -3.65. The van der Waals surface area contributed by atoms with E-state index in [1.54, 1.807) is 12.1 Å². The SMILES string of the molecule is O=C(NCCCN1CCCC1)C1CCN(S(=O)(=O)c2ccc(Br)cc2Cl)CC1. The third-order valence-electron chi connectivity index (χ3n) is 5.49. The summed E-state index contributed by atoms with van der Waals surface area (Å²) < 4.78 is 27.9. The van der Waals surface area contributed by atoms with Gasteiger partial charge in [0.15, 0.2) is 0 Å². The van der Waals surface area contributed by atoms with Gasteiger partial charge in [0, 0.05) is 30.0 Å². The van der Waals surface area contributed by atoms with Crippen molar-refractivity contribution in [2.45, 2.75) is 37.0 Å². The molecule has 1 N–H and O–H groups in total. The van der Waals surface area contributed by atoms with Crippen molar-refractivity contribution in [3.05, 3.63) is 27.7 Å². The van der Waals surface area contributed by atoms with Crippen LogP contribution in [-0.4, -0.2) is 62.8 Å². The molecule has 0 bridgehead atoms. The molecule has 0 spiro atoms. The maximum atomic E-state index is 12.9. The summed E-state index contributed by atoms with van der Waals surface area (Å²) in [6.07, 6.45) is 4.58. The molecular formula is C19H27BrClN3O3S. The number of sulfonamides is 1. The lowest BCUT2D eigenvalue weighted by atomic mass is 9.97. The number of benzene rings is 1. The lowest BCUT2D eigenvalue weighted by Gasteiger charge is -2.30. The van der Waals surface area contributed by atoms with Crippen LogP contribution in [0.25, 0.3) is 0 Å². The van der Waals surface area contributed by atoms with Crippen molar-refractivity contribution in [2.24, 2.45) is 5.92 Å². The van der Waals surface area contributed by atoms with E-state index in [1.807, 2.05) is 0 Å². The molecule has 2 aliphatic heterocycles. The lowest BCUT2D eigenvalue weighted by Crippen LogP contribution is -2.43. The maximum Gasteiger partial charge on any atom is 0.244 e. The van der Waals surface area contributed by atoms with Crippen molar-refractivity contribution >= 4 is 43.5 Å². The van der Waals surface area contributed by atoms with Gasteiger partial charge in [-0.15, -0.1) is 0 Å². The Morgan fingerprint density at radius 3 is 2.50 bits per heavy atom. The van der Waals surface area contributed by atoms with Crippen LogP contribution in [0.1, 0.15) is 32.1 Å². The van der Waals surface area contributed by atoms with E-state index in [2.05, 4.69) is 26.1 Å². The number of likely N-dealkylation sites (tertiary alicyclic amines) is 1. The molecule has 0 radical (unpaired) electrons. The molecule has 6 nitrogen and oxygen atoms in total. The third-order valence-corrected chi connectivity index (χ3v) is 8.36. The first kappa shape index (κ1) is 22.0. The quantitative estimate of drug-likeness (QED) is 0.594. The average molecular weight is 493 g/mol. The monoisotopic (exact) mass is 491 g/mol. The number of nitrogens with zero attached hydrogens (tertiary/aromatic N) is 2. The molecule has 156 valence electrons. The van der Waals surface area contributed by atoms with E-state index in [4.69, 9.17) is 11.6 Å². The highest BCUT2D eigenvalue weighted by atomic mass is 79.9. The number of amides is 1. The van der Waals surface area contributed by atoms with Gasteiger partial charge in [0.2, 0.25) is 15.9 Å². The van der Waals surface area contributed by atoms with Crippen LogP contribution < -0.4 is 5.32 Å². The topological polar surface area (TPSA) is 69.7 Å². The number of rotatable bonds is 7. The Kier molecular flexibility index (Phi) is 7.78. The van der Waals surface area contributed by atoms with Gasteiger partial charge in [0.25, 0.3) is 0 Å². The van der Waals surface area contributed by atoms with E-state index in [0.29, 0.717) is 32.5 Å². The van der Waals surface area contributed by atoms with E-state index in [-0.39, 0.29) is 21.7 Å². The van der Waals surface area contributed by atoms with E-state index in [9.17, 15) is 13.2 Å². The Morgan fingerprint density at radius 1 is 1.18 bits per heavy atom. The number of halogens is 2. The van der Waals surface area contributed by atoms with Gasteiger partial charge in [-0.05, 0) is 69.9 Å². The molecule has 2 aliphatic rings. The van der Waals surface area contributed by atoms with E-state index in [1.165, 1.54) is 36.3 Å².